The van der Waals surface area contributed by atoms with Crippen LogP contribution in [0.5, 0.6) is 0 Å². The molecule has 0 unspecified atom stereocenters. The monoisotopic (exact) mass is 953 g/mol. The van der Waals surface area contributed by atoms with Crippen molar-refractivity contribution in [2.24, 2.45) is 0 Å². The van der Waals surface area contributed by atoms with E-state index in [0.29, 0.717) is 5.92 Å². The van der Waals surface area contributed by atoms with Crippen molar-refractivity contribution in [1.82, 2.24) is 0 Å². The molecule has 6 aromatic carbocycles. The summed E-state index contributed by atoms with van der Waals surface area (Å²) in [5.74, 6) is 0.545. The molecule has 0 N–H and O–H groups in total. The molecule has 6 aliphatic rings. The molecule has 7 aromatic rings. The molecule has 0 amide bonds. The van der Waals surface area contributed by atoms with E-state index in [1.807, 2.05) is 0 Å². The van der Waals surface area contributed by atoms with Gasteiger partial charge in [0.25, 0.3) is 6.71 Å². The summed E-state index contributed by atoms with van der Waals surface area (Å²) in [6.07, 6.45) is 13.7. The summed E-state index contributed by atoms with van der Waals surface area (Å²) in [5.41, 5.74) is 25.3. The number of nitrogens with zero attached hydrogens (tertiary/aromatic N) is 2. The molecule has 4 heteroatoms. The van der Waals surface area contributed by atoms with Crippen molar-refractivity contribution in [2.75, 3.05) is 9.80 Å². The van der Waals surface area contributed by atoms with E-state index in [9.17, 15) is 0 Å². The van der Waals surface area contributed by atoms with E-state index >= 15 is 0 Å². The van der Waals surface area contributed by atoms with Gasteiger partial charge in [0, 0.05) is 48.9 Å². The molecule has 13 rings (SSSR count). The smallest absolute Gasteiger partial charge is 0.254 e. The molecule has 2 nitrogen and oxygen atoms in total. The van der Waals surface area contributed by atoms with Gasteiger partial charge in [-0.1, -0.05) is 139 Å². The summed E-state index contributed by atoms with van der Waals surface area (Å²) in [4.78, 5) is 5.54. The summed E-state index contributed by atoms with van der Waals surface area (Å²) >= 11 is 2.08. The van der Waals surface area contributed by atoms with E-state index in [-0.39, 0.29) is 39.2 Å². The van der Waals surface area contributed by atoms with Gasteiger partial charge >= 0.3 is 0 Å². The van der Waals surface area contributed by atoms with Crippen LogP contribution in [0.3, 0.4) is 0 Å². The highest BCUT2D eigenvalue weighted by atomic mass is 32.1. The number of rotatable bonds is 3. The van der Waals surface area contributed by atoms with E-state index in [4.69, 9.17) is 0 Å². The van der Waals surface area contributed by atoms with Crippen LogP contribution in [-0.2, 0) is 32.5 Å². The van der Waals surface area contributed by atoms with Crippen LogP contribution in [0.25, 0.3) is 20.2 Å². The standard InChI is InChI=1S/C67H77BN2S/c1-40-19-17-18-22-53(40)70-54-26-24-44-45-36-48-51(67(12,13)32-29-64(48,6)7)39-58(45)71-61(44)60(54)68-52-37-49-50(66(10,11)31-30-65(49,8)9)38-55(52)69(43-23-25-46-47(35-43)63(4,5)28-27-62(46,2)3)56-33-42(34-57(70)59(56)68)41-20-15-14-16-21-41/h17-19,22-26,33-39,41H,14-16,20-21,27-32H2,1-13H3. The Morgan fingerprint density at radius 2 is 1.00 bits per heavy atom. The van der Waals surface area contributed by atoms with Crippen molar-refractivity contribution in [3.05, 3.63) is 136 Å². The van der Waals surface area contributed by atoms with Crippen LogP contribution in [0.2, 0.25) is 0 Å². The van der Waals surface area contributed by atoms with Crippen molar-refractivity contribution >= 4 is 88.7 Å². The number of aryl methyl sites for hydroxylation is 1. The van der Waals surface area contributed by atoms with E-state index < -0.39 is 0 Å². The molecule has 1 fully saturated rings. The predicted octanol–water partition coefficient (Wildman–Crippen LogP) is 17.5. The molecule has 1 aromatic heterocycles. The molecule has 3 heterocycles. The lowest BCUT2D eigenvalue weighted by atomic mass is 9.33. The summed E-state index contributed by atoms with van der Waals surface area (Å²) in [5, 5.41) is 2.85. The summed E-state index contributed by atoms with van der Waals surface area (Å²) in [7, 11) is 0. The maximum absolute atomic E-state index is 2.80. The normalized spacial score (nSPS) is 21.8. The molecule has 0 saturated heterocycles. The predicted molar refractivity (Wildman–Crippen MR) is 310 cm³/mol. The van der Waals surface area contributed by atoms with Gasteiger partial charge in [-0.05, 0) is 218 Å². The molecule has 364 valence electrons. The Hall–Kier alpha value is -4.80. The second-order valence-electron chi connectivity index (χ2n) is 27.6. The van der Waals surface area contributed by atoms with Crippen LogP contribution in [0.1, 0.15) is 204 Å². The second-order valence-corrected chi connectivity index (χ2v) is 28.6. The third kappa shape index (κ3) is 6.70. The zero-order valence-electron chi connectivity index (χ0n) is 45.4. The summed E-state index contributed by atoms with van der Waals surface area (Å²) in [6.45, 7) is 32.4. The molecule has 0 bridgehead atoms. The van der Waals surface area contributed by atoms with Crippen molar-refractivity contribution in [3.8, 4) is 0 Å². The van der Waals surface area contributed by atoms with Gasteiger partial charge in [0.15, 0.2) is 0 Å². The van der Waals surface area contributed by atoms with Crippen LogP contribution in [0, 0.1) is 6.92 Å². The first-order valence-corrected chi connectivity index (χ1v) is 28.6. The van der Waals surface area contributed by atoms with Gasteiger partial charge in [-0.3, -0.25) is 0 Å². The molecule has 71 heavy (non-hydrogen) atoms. The number of hydrogen-bond acceptors (Lipinski definition) is 3. The van der Waals surface area contributed by atoms with Crippen LogP contribution in [0.4, 0.5) is 34.1 Å². The van der Waals surface area contributed by atoms with E-state index in [1.165, 1.54) is 169 Å². The Bertz CT molecular complexity index is 3400. The number of thiophene rings is 1. The lowest BCUT2D eigenvalue weighted by Crippen LogP contribution is -2.62. The first-order chi connectivity index (χ1) is 33.6. The lowest BCUT2D eigenvalue weighted by molar-refractivity contribution is 0.332. The van der Waals surface area contributed by atoms with E-state index in [0.717, 1.165) is 0 Å². The van der Waals surface area contributed by atoms with Crippen LogP contribution >= 0.6 is 11.3 Å². The zero-order valence-corrected chi connectivity index (χ0v) is 46.2. The average Bonchev–Trinajstić information content (AvgIpc) is 3.71. The van der Waals surface area contributed by atoms with Gasteiger partial charge < -0.3 is 9.80 Å². The fourth-order valence-electron chi connectivity index (χ4n) is 15.2. The Balaban J connectivity index is 1.18. The lowest BCUT2D eigenvalue weighted by Gasteiger charge is -2.48. The molecule has 1 saturated carbocycles. The number of hydrogen-bond donors (Lipinski definition) is 0. The topological polar surface area (TPSA) is 6.48 Å². The number of benzene rings is 6. The highest BCUT2D eigenvalue weighted by Gasteiger charge is 2.49. The van der Waals surface area contributed by atoms with Crippen molar-refractivity contribution in [1.29, 1.82) is 0 Å². The van der Waals surface area contributed by atoms with Gasteiger partial charge in [-0.2, -0.15) is 0 Å². The van der Waals surface area contributed by atoms with Crippen LogP contribution in [0.15, 0.2) is 91.0 Å². The van der Waals surface area contributed by atoms with Crippen LogP contribution < -0.4 is 26.2 Å². The minimum absolute atomic E-state index is 0.0559. The zero-order chi connectivity index (χ0) is 49.5. The van der Waals surface area contributed by atoms with Gasteiger partial charge in [0.2, 0.25) is 0 Å². The van der Waals surface area contributed by atoms with Gasteiger partial charge in [-0.25, -0.2) is 0 Å². The molecular weight excluding hydrogens is 876 g/mol. The van der Waals surface area contributed by atoms with Crippen molar-refractivity contribution in [2.45, 2.75) is 199 Å². The van der Waals surface area contributed by atoms with E-state index in [2.05, 4.69) is 202 Å². The van der Waals surface area contributed by atoms with Gasteiger partial charge in [-0.15, -0.1) is 11.3 Å². The fraction of sp³-hybridized carbons (Fsp3) is 0.463. The highest BCUT2D eigenvalue weighted by molar-refractivity contribution is 7.28. The van der Waals surface area contributed by atoms with Crippen molar-refractivity contribution in [3.63, 3.8) is 0 Å². The molecule has 0 atom stereocenters. The Morgan fingerprint density at radius 3 is 1.63 bits per heavy atom. The maximum atomic E-state index is 2.80. The fourth-order valence-corrected chi connectivity index (χ4v) is 16.5. The Kier molecular flexibility index (Phi) is 9.82. The third-order valence-electron chi connectivity index (χ3n) is 20.2. The van der Waals surface area contributed by atoms with Gasteiger partial charge in [0.1, 0.15) is 0 Å². The van der Waals surface area contributed by atoms with Crippen molar-refractivity contribution < 1.29 is 0 Å². The Labute approximate surface area is 430 Å². The van der Waals surface area contributed by atoms with Gasteiger partial charge in [0.05, 0.1) is 0 Å². The average molecular weight is 953 g/mol. The third-order valence-corrected chi connectivity index (χ3v) is 21.4. The first kappa shape index (κ1) is 46.0. The molecular formula is C67H77BN2S. The number of anilines is 6. The minimum Gasteiger partial charge on any atom is -0.311 e. The van der Waals surface area contributed by atoms with Crippen LogP contribution in [-0.4, -0.2) is 6.71 Å². The largest absolute Gasteiger partial charge is 0.311 e. The number of para-hydroxylation sites is 1. The summed E-state index contributed by atoms with van der Waals surface area (Å²) in [6, 6.07) is 38.2. The molecule has 4 aliphatic carbocycles. The maximum Gasteiger partial charge on any atom is 0.254 e. The molecule has 0 radical (unpaired) electrons. The summed E-state index contributed by atoms with van der Waals surface area (Å²) < 4.78 is 2.89. The quantitative estimate of drug-likeness (QED) is 0.163. The SMILES string of the molecule is Cc1ccccc1N1c2cc(C3CCCCC3)cc3c2B(c2cc4c(cc2N3c2ccc3c(c2)C(C)(C)CCC3(C)C)C(C)(C)CCC4(C)C)c2c1ccc1c2sc2cc3c(cc21)C(C)(C)CCC3(C)C. The second kappa shape index (κ2) is 15.1. The van der Waals surface area contributed by atoms with E-state index in [1.54, 1.807) is 16.7 Å². The molecule has 2 aliphatic heterocycles. The first-order valence-electron chi connectivity index (χ1n) is 27.8. The molecule has 0 spiro atoms. The Morgan fingerprint density at radius 1 is 0.451 bits per heavy atom. The number of fused-ring (bicyclic) bond motifs is 11. The highest BCUT2D eigenvalue weighted by Crippen LogP contribution is 2.55. The minimum atomic E-state index is 0.0559.